The van der Waals surface area contributed by atoms with Crippen LogP contribution in [0.3, 0.4) is 0 Å². The fourth-order valence-corrected chi connectivity index (χ4v) is 1.05. The number of aromatic nitrogens is 6. The lowest BCUT2D eigenvalue weighted by atomic mass is 10.4. The molecule has 60 valence electrons. The third-order valence-electron chi connectivity index (χ3n) is 1.15. The number of hydrogen-bond acceptors (Lipinski definition) is 6. The normalized spacial score (nSPS) is 11.0. The van der Waals surface area contributed by atoms with E-state index in [1.807, 2.05) is 0 Å². The summed E-state index contributed by atoms with van der Waals surface area (Å²) in [5, 5.41) is 13.1. The maximum Gasteiger partial charge on any atom is 0.172 e. The molecule has 0 spiro atoms. The van der Waals surface area contributed by atoms with Gasteiger partial charge in [0.05, 0.1) is 23.6 Å². The van der Waals surface area contributed by atoms with E-state index in [2.05, 4.69) is 29.4 Å². The van der Waals surface area contributed by atoms with Crippen molar-refractivity contribution in [2.75, 3.05) is 0 Å². The molecular weight excluding hydrogens is 176 g/mol. The molecule has 2 aromatic rings. The van der Waals surface area contributed by atoms with Crippen molar-refractivity contribution in [1.82, 2.24) is 29.4 Å². The average molecular weight is 180 g/mol. The maximum absolute atomic E-state index is 3.98. The highest BCUT2D eigenvalue weighted by atomic mass is 32.1. The third-order valence-corrected chi connectivity index (χ3v) is 1.64. The van der Waals surface area contributed by atoms with Gasteiger partial charge in [0, 0.05) is 0 Å². The first-order chi connectivity index (χ1) is 5.95. The minimum absolute atomic E-state index is 0.600. The van der Waals surface area contributed by atoms with Gasteiger partial charge in [-0.2, -0.15) is 8.75 Å². The van der Waals surface area contributed by atoms with Crippen molar-refractivity contribution in [3.63, 3.8) is 0 Å². The molecule has 2 rings (SSSR count). The molecule has 0 amide bonds. The monoisotopic (exact) mass is 180 g/mol. The van der Waals surface area contributed by atoms with Crippen LogP contribution in [0.25, 0.3) is 12.2 Å². The van der Waals surface area contributed by atoms with Crippen LogP contribution in [0.15, 0.2) is 6.20 Å². The lowest BCUT2D eigenvalue weighted by molar-refractivity contribution is 0.881. The molecule has 0 aliphatic rings. The molecule has 0 aromatic carbocycles. The summed E-state index contributed by atoms with van der Waals surface area (Å²) >= 11 is 1.16. The van der Waals surface area contributed by atoms with Crippen LogP contribution in [0.4, 0.5) is 0 Å². The summed E-state index contributed by atoms with van der Waals surface area (Å²) in [4.78, 5) is 0. The first kappa shape index (κ1) is 7.04. The smallest absolute Gasteiger partial charge is 0.172 e. The van der Waals surface area contributed by atoms with Crippen molar-refractivity contribution in [3.8, 4) is 0 Å². The Bertz CT molecular complexity index is 313. The van der Waals surface area contributed by atoms with Crippen LogP contribution < -0.4 is 0 Å². The lowest BCUT2D eigenvalue weighted by Crippen LogP contribution is -1.74. The highest BCUT2D eigenvalue weighted by molar-refractivity contribution is 6.99. The topological polar surface area (TPSA) is 80.2 Å². The standard InChI is InChI=1S/C5H4N6S/c1(4-3-6-12-9-4)2-5-7-10-11-8-5/h1-3H,(H,7,8,10,11). The van der Waals surface area contributed by atoms with Crippen LogP contribution in [-0.2, 0) is 0 Å². The molecule has 0 aliphatic carbocycles. The van der Waals surface area contributed by atoms with Crippen molar-refractivity contribution >= 4 is 23.9 Å². The van der Waals surface area contributed by atoms with Gasteiger partial charge in [0.15, 0.2) is 5.82 Å². The molecule has 0 radical (unpaired) electrons. The van der Waals surface area contributed by atoms with Crippen LogP contribution in [0, 0.1) is 0 Å². The molecule has 12 heavy (non-hydrogen) atoms. The van der Waals surface area contributed by atoms with Gasteiger partial charge in [-0.05, 0) is 22.6 Å². The zero-order chi connectivity index (χ0) is 8.23. The quantitative estimate of drug-likeness (QED) is 0.715. The Morgan fingerprint density at radius 2 is 2.42 bits per heavy atom. The van der Waals surface area contributed by atoms with Gasteiger partial charge < -0.3 is 0 Å². The summed E-state index contributed by atoms with van der Waals surface area (Å²) < 4.78 is 7.82. The molecule has 0 bridgehead atoms. The van der Waals surface area contributed by atoms with Gasteiger partial charge >= 0.3 is 0 Å². The predicted molar refractivity (Wildman–Crippen MR) is 43.0 cm³/mol. The molecule has 0 atom stereocenters. The molecule has 1 N–H and O–H groups in total. The Hall–Kier alpha value is -1.63. The second-order valence-electron chi connectivity index (χ2n) is 1.95. The number of nitrogens with one attached hydrogen (secondary N) is 1. The van der Waals surface area contributed by atoms with E-state index in [-0.39, 0.29) is 0 Å². The van der Waals surface area contributed by atoms with Crippen molar-refractivity contribution in [3.05, 3.63) is 17.7 Å². The second-order valence-corrected chi connectivity index (χ2v) is 2.51. The molecule has 0 saturated heterocycles. The zero-order valence-electron chi connectivity index (χ0n) is 5.88. The first-order valence-corrected chi connectivity index (χ1v) is 3.87. The van der Waals surface area contributed by atoms with Crippen LogP contribution in [0.1, 0.15) is 11.5 Å². The van der Waals surface area contributed by atoms with Crippen molar-refractivity contribution in [2.24, 2.45) is 0 Å². The number of rotatable bonds is 2. The van der Waals surface area contributed by atoms with Gasteiger partial charge in [0.2, 0.25) is 0 Å². The zero-order valence-corrected chi connectivity index (χ0v) is 6.69. The van der Waals surface area contributed by atoms with E-state index in [1.165, 1.54) is 0 Å². The van der Waals surface area contributed by atoms with Crippen molar-refractivity contribution in [1.29, 1.82) is 0 Å². The molecule has 0 saturated carbocycles. The molecule has 2 aromatic heterocycles. The Morgan fingerprint density at radius 1 is 1.42 bits per heavy atom. The van der Waals surface area contributed by atoms with Gasteiger partial charge in [-0.1, -0.05) is 0 Å². The minimum atomic E-state index is 0.600. The number of H-pyrrole nitrogens is 1. The predicted octanol–water partition coefficient (Wildman–Crippen LogP) is 0.222. The number of tetrazole rings is 1. The highest BCUT2D eigenvalue weighted by Crippen LogP contribution is 2.00. The molecule has 6 nitrogen and oxygen atoms in total. The van der Waals surface area contributed by atoms with Crippen molar-refractivity contribution in [2.45, 2.75) is 0 Å². The Kier molecular flexibility index (Phi) is 1.87. The molecule has 0 aliphatic heterocycles. The van der Waals surface area contributed by atoms with E-state index in [0.717, 1.165) is 17.4 Å². The summed E-state index contributed by atoms with van der Waals surface area (Å²) in [5.74, 6) is 0.600. The summed E-state index contributed by atoms with van der Waals surface area (Å²) in [6.45, 7) is 0. The number of hydrogen-bond donors (Lipinski definition) is 1. The maximum atomic E-state index is 3.98. The van der Waals surface area contributed by atoms with Gasteiger partial charge in [-0.15, -0.1) is 5.10 Å². The largest absolute Gasteiger partial charge is 0.239 e. The van der Waals surface area contributed by atoms with Gasteiger partial charge in [0.25, 0.3) is 0 Å². The van der Waals surface area contributed by atoms with E-state index in [1.54, 1.807) is 18.3 Å². The third kappa shape index (κ3) is 1.51. The minimum Gasteiger partial charge on any atom is -0.239 e. The molecule has 7 heteroatoms. The van der Waals surface area contributed by atoms with Crippen LogP contribution >= 0.6 is 11.7 Å². The van der Waals surface area contributed by atoms with E-state index >= 15 is 0 Å². The summed E-state index contributed by atoms with van der Waals surface area (Å²) in [6.07, 6.45) is 5.19. The van der Waals surface area contributed by atoms with Crippen LogP contribution in [0.2, 0.25) is 0 Å². The Labute approximate surface area is 71.7 Å². The fourth-order valence-electron chi connectivity index (χ4n) is 0.647. The SMILES string of the molecule is C(=Cc1nnn[nH]1)c1cnsn1. The lowest BCUT2D eigenvalue weighted by Gasteiger charge is -1.78. The van der Waals surface area contributed by atoms with E-state index in [0.29, 0.717) is 5.82 Å². The Balaban J connectivity index is 2.14. The highest BCUT2D eigenvalue weighted by Gasteiger charge is 1.91. The average Bonchev–Trinajstić information content (AvgIpc) is 2.74. The van der Waals surface area contributed by atoms with Crippen LogP contribution in [-0.4, -0.2) is 29.4 Å². The van der Waals surface area contributed by atoms with Gasteiger partial charge in [-0.3, -0.25) is 0 Å². The van der Waals surface area contributed by atoms with Crippen LogP contribution in [0.5, 0.6) is 0 Å². The fraction of sp³-hybridized carbons (Fsp3) is 0. The van der Waals surface area contributed by atoms with Crippen molar-refractivity contribution < 1.29 is 0 Å². The molecule has 0 fully saturated rings. The van der Waals surface area contributed by atoms with E-state index < -0.39 is 0 Å². The number of aromatic amines is 1. The van der Waals surface area contributed by atoms with Gasteiger partial charge in [-0.25, -0.2) is 5.10 Å². The number of nitrogens with zero attached hydrogens (tertiary/aromatic N) is 5. The second kappa shape index (κ2) is 3.18. The summed E-state index contributed by atoms with van der Waals surface area (Å²) in [6, 6.07) is 0. The van der Waals surface area contributed by atoms with E-state index in [9.17, 15) is 0 Å². The van der Waals surface area contributed by atoms with E-state index in [4.69, 9.17) is 0 Å². The Morgan fingerprint density at radius 3 is 3.08 bits per heavy atom. The first-order valence-electron chi connectivity index (χ1n) is 3.14. The molecule has 2 heterocycles. The molecule has 0 unspecified atom stereocenters. The van der Waals surface area contributed by atoms with Gasteiger partial charge in [0.1, 0.15) is 0 Å². The summed E-state index contributed by atoms with van der Waals surface area (Å²) in [7, 11) is 0. The molecular formula is C5H4N6S. The summed E-state index contributed by atoms with van der Waals surface area (Å²) in [5.41, 5.74) is 0.802.